The van der Waals surface area contributed by atoms with Crippen LogP contribution in [0.4, 0.5) is 5.69 Å². The molecule has 0 bridgehead atoms. The third-order valence-electron chi connectivity index (χ3n) is 5.13. The van der Waals surface area contributed by atoms with Crippen LogP contribution in [0.15, 0.2) is 48.5 Å². The monoisotopic (exact) mass is 341 g/mol. The molecule has 24 heavy (non-hydrogen) atoms. The average molecular weight is 342 g/mol. The van der Waals surface area contributed by atoms with Gasteiger partial charge in [-0.05, 0) is 44.0 Å². The molecule has 0 saturated heterocycles. The molecule has 2 aromatic rings. The normalized spacial score (nSPS) is 23.5. The maximum absolute atomic E-state index is 11.6. The van der Waals surface area contributed by atoms with Gasteiger partial charge in [-0.15, -0.1) is 0 Å². The zero-order valence-corrected chi connectivity index (χ0v) is 14.6. The summed E-state index contributed by atoms with van der Waals surface area (Å²) in [4.78, 5) is 2.25. The number of rotatable bonds is 2. The summed E-state index contributed by atoms with van der Waals surface area (Å²) in [5, 5.41) is 12.3. The number of halogens is 1. The van der Waals surface area contributed by atoms with Crippen molar-refractivity contribution in [3.63, 3.8) is 0 Å². The number of amidine groups is 1. The van der Waals surface area contributed by atoms with Crippen molar-refractivity contribution >= 4 is 23.1 Å². The number of nitrogens with zero attached hydrogens (tertiary/aromatic N) is 2. The van der Waals surface area contributed by atoms with Crippen molar-refractivity contribution in [2.24, 2.45) is 0 Å². The largest absolute Gasteiger partial charge is 0.346 e. The summed E-state index contributed by atoms with van der Waals surface area (Å²) < 4.78 is 2.19. The second kappa shape index (κ2) is 5.91. The van der Waals surface area contributed by atoms with Crippen LogP contribution >= 0.6 is 11.6 Å². The number of anilines is 1. The van der Waals surface area contributed by atoms with Crippen LogP contribution in [0.25, 0.3) is 0 Å². The van der Waals surface area contributed by atoms with E-state index in [1.807, 2.05) is 36.4 Å². The first-order valence-corrected chi connectivity index (χ1v) is 8.92. The molecule has 4 heteroatoms. The van der Waals surface area contributed by atoms with Gasteiger partial charge < -0.3 is 5.11 Å². The van der Waals surface area contributed by atoms with Gasteiger partial charge in [0, 0.05) is 17.0 Å². The van der Waals surface area contributed by atoms with Crippen LogP contribution in [0, 0.1) is 6.92 Å². The van der Waals surface area contributed by atoms with E-state index in [9.17, 15) is 5.11 Å². The Labute approximate surface area is 147 Å². The number of β-amino-alcohol motifs (C(OH)–C–C–N with tert-alkyl or cyclic N) is 1. The van der Waals surface area contributed by atoms with E-state index in [1.54, 1.807) is 0 Å². The van der Waals surface area contributed by atoms with Crippen LogP contribution in [0.2, 0.25) is 5.02 Å². The predicted octanol–water partition coefficient (Wildman–Crippen LogP) is 3.91. The summed E-state index contributed by atoms with van der Waals surface area (Å²) in [5.41, 5.74) is 2.29. The second-order valence-electron chi connectivity index (χ2n) is 6.77. The van der Waals surface area contributed by atoms with Gasteiger partial charge in [0.05, 0.1) is 6.54 Å². The zero-order valence-electron chi connectivity index (χ0n) is 13.9. The number of aryl methyl sites for hydroxylation is 1. The molecular weight excluding hydrogens is 320 g/mol. The Bertz CT molecular complexity index is 782. The van der Waals surface area contributed by atoms with Crippen LogP contribution in [0.3, 0.4) is 0 Å². The minimum absolute atomic E-state index is 0.549. The highest BCUT2D eigenvalue weighted by molar-refractivity contribution is 6.30. The van der Waals surface area contributed by atoms with Gasteiger partial charge >= 0.3 is 0 Å². The fraction of sp³-hybridized carbons (Fsp3) is 0.350. The third-order valence-corrected chi connectivity index (χ3v) is 5.38. The number of aliphatic hydroxyl groups is 1. The van der Waals surface area contributed by atoms with E-state index in [-0.39, 0.29) is 0 Å². The molecule has 0 aliphatic carbocycles. The Morgan fingerprint density at radius 3 is 2.46 bits per heavy atom. The van der Waals surface area contributed by atoms with Crippen molar-refractivity contribution < 1.29 is 9.68 Å². The van der Waals surface area contributed by atoms with E-state index in [4.69, 9.17) is 11.6 Å². The summed E-state index contributed by atoms with van der Waals surface area (Å²) >= 11 is 6.04. The molecule has 3 nitrogen and oxygen atoms in total. The van der Waals surface area contributed by atoms with Crippen molar-refractivity contribution in [1.29, 1.82) is 0 Å². The van der Waals surface area contributed by atoms with Gasteiger partial charge in [-0.25, -0.2) is 9.48 Å². The Morgan fingerprint density at radius 1 is 1.04 bits per heavy atom. The molecule has 0 amide bonds. The highest BCUT2D eigenvalue weighted by Gasteiger charge is 2.52. The average Bonchev–Trinajstić information content (AvgIpc) is 2.91. The smallest absolute Gasteiger partial charge is 0.271 e. The van der Waals surface area contributed by atoms with E-state index >= 15 is 0 Å². The summed E-state index contributed by atoms with van der Waals surface area (Å²) in [6, 6.07) is 16.1. The Balaban J connectivity index is 1.78. The molecule has 0 spiro atoms. The van der Waals surface area contributed by atoms with E-state index in [2.05, 4.69) is 28.5 Å². The van der Waals surface area contributed by atoms with Gasteiger partial charge in [0.1, 0.15) is 5.69 Å². The molecule has 2 aliphatic heterocycles. The molecule has 2 aromatic carbocycles. The minimum Gasteiger partial charge on any atom is -0.346 e. The predicted molar refractivity (Wildman–Crippen MR) is 97.9 cm³/mol. The molecule has 0 radical (unpaired) electrons. The topological polar surface area (TPSA) is 26.5 Å². The molecule has 2 heterocycles. The molecule has 4 rings (SSSR count). The van der Waals surface area contributed by atoms with Crippen molar-refractivity contribution in [3.8, 4) is 0 Å². The Kier molecular flexibility index (Phi) is 3.86. The van der Waals surface area contributed by atoms with Crippen molar-refractivity contribution in [3.05, 3.63) is 64.7 Å². The lowest BCUT2D eigenvalue weighted by molar-refractivity contribution is -0.661. The third kappa shape index (κ3) is 2.52. The molecule has 2 aliphatic rings. The van der Waals surface area contributed by atoms with Gasteiger partial charge in [-0.2, -0.15) is 0 Å². The van der Waals surface area contributed by atoms with Crippen LogP contribution in [-0.4, -0.2) is 28.6 Å². The fourth-order valence-corrected chi connectivity index (χ4v) is 3.95. The van der Waals surface area contributed by atoms with Crippen LogP contribution in [-0.2, 0) is 5.72 Å². The maximum Gasteiger partial charge on any atom is 0.271 e. The lowest BCUT2D eigenvalue weighted by atomic mass is 10.0. The van der Waals surface area contributed by atoms with Gasteiger partial charge in [-0.1, -0.05) is 41.4 Å². The van der Waals surface area contributed by atoms with Crippen LogP contribution in [0.5, 0.6) is 0 Å². The minimum atomic E-state index is -0.969. The summed E-state index contributed by atoms with van der Waals surface area (Å²) in [7, 11) is 0. The van der Waals surface area contributed by atoms with Crippen molar-refractivity contribution in [1.82, 2.24) is 0 Å². The van der Waals surface area contributed by atoms with Crippen LogP contribution < -0.4 is 4.90 Å². The molecule has 1 atom stereocenters. The van der Waals surface area contributed by atoms with Gasteiger partial charge in [0.2, 0.25) is 0 Å². The first kappa shape index (κ1) is 15.7. The SMILES string of the molecule is Cc1ccc([C@]2(O)CN(c3ccc(Cl)cc3)C3=[N+]2CCCC3)cc1. The molecule has 0 unspecified atom stereocenters. The molecule has 0 saturated carbocycles. The lowest BCUT2D eigenvalue weighted by Crippen LogP contribution is -2.41. The van der Waals surface area contributed by atoms with Crippen molar-refractivity contribution in [2.45, 2.75) is 31.9 Å². The molecule has 0 aromatic heterocycles. The molecular formula is C20H22ClN2O+. The standard InChI is InChI=1S/C20H22ClN2O/c1-15-5-7-16(8-6-15)20(24)14-22(18-11-9-17(21)10-12-18)19-4-2-3-13-23(19)20/h5-12,24H,2-4,13-14H2,1H3/q+1/t20-/m1/s1. The lowest BCUT2D eigenvalue weighted by Gasteiger charge is -2.24. The van der Waals surface area contributed by atoms with Crippen molar-refractivity contribution in [2.75, 3.05) is 18.0 Å². The highest BCUT2D eigenvalue weighted by Crippen LogP contribution is 2.36. The number of benzene rings is 2. The van der Waals surface area contributed by atoms with E-state index in [1.165, 1.54) is 17.8 Å². The van der Waals surface area contributed by atoms with Gasteiger partial charge in [0.25, 0.3) is 11.6 Å². The fourth-order valence-electron chi connectivity index (χ4n) is 3.82. The summed E-state index contributed by atoms with van der Waals surface area (Å²) in [6.45, 7) is 3.51. The second-order valence-corrected chi connectivity index (χ2v) is 7.21. The summed E-state index contributed by atoms with van der Waals surface area (Å²) in [5.74, 6) is 1.21. The Hall–Kier alpha value is -1.84. The first-order chi connectivity index (χ1) is 11.6. The number of hydrogen-bond acceptors (Lipinski definition) is 2. The zero-order chi connectivity index (χ0) is 16.7. The first-order valence-electron chi connectivity index (χ1n) is 8.54. The van der Waals surface area contributed by atoms with Gasteiger partial charge in [0.15, 0.2) is 6.54 Å². The highest BCUT2D eigenvalue weighted by atomic mass is 35.5. The maximum atomic E-state index is 11.6. The van der Waals surface area contributed by atoms with E-state index < -0.39 is 5.72 Å². The molecule has 124 valence electrons. The van der Waals surface area contributed by atoms with E-state index in [0.29, 0.717) is 6.54 Å². The van der Waals surface area contributed by atoms with E-state index in [0.717, 1.165) is 35.7 Å². The van der Waals surface area contributed by atoms with Gasteiger partial charge in [-0.3, -0.25) is 0 Å². The summed E-state index contributed by atoms with van der Waals surface area (Å²) in [6.07, 6.45) is 3.28. The van der Waals surface area contributed by atoms with Crippen LogP contribution in [0.1, 0.15) is 30.4 Å². The Morgan fingerprint density at radius 2 is 1.75 bits per heavy atom. The number of hydrogen-bond donors (Lipinski definition) is 1. The molecule has 0 fully saturated rings. The quantitative estimate of drug-likeness (QED) is 0.838. The molecule has 1 N–H and O–H groups in total.